The number of benzene rings is 1. The summed E-state index contributed by atoms with van der Waals surface area (Å²) in [4.78, 5) is 11.8. The number of nitrogens with one attached hydrogen (secondary N) is 2. The summed E-state index contributed by atoms with van der Waals surface area (Å²) in [5.74, 6) is -0.172. The fraction of sp³-hybridized carbons (Fsp3) is 0.385. The van der Waals surface area contributed by atoms with Gasteiger partial charge >= 0.3 is 0 Å². The molecule has 0 radical (unpaired) electrons. The maximum absolute atomic E-state index is 11.8. The highest BCUT2D eigenvalue weighted by Gasteiger charge is 2.08. The first-order valence-corrected chi connectivity index (χ1v) is 6.12. The van der Waals surface area contributed by atoms with Gasteiger partial charge in [-0.1, -0.05) is 24.6 Å². The van der Waals surface area contributed by atoms with Crippen molar-refractivity contribution in [1.29, 1.82) is 0 Å². The van der Waals surface area contributed by atoms with Crippen LogP contribution < -0.4 is 10.6 Å². The SMILES string of the molecule is CCC(C)NC(=S)NC(=O)c1cccc(C)c1. The minimum Gasteiger partial charge on any atom is -0.360 e. The maximum Gasteiger partial charge on any atom is 0.257 e. The molecule has 1 atom stereocenters. The van der Waals surface area contributed by atoms with E-state index in [0.29, 0.717) is 10.7 Å². The van der Waals surface area contributed by atoms with Crippen LogP contribution in [-0.4, -0.2) is 17.1 Å². The number of carbonyl (C=O) groups is 1. The highest BCUT2D eigenvalue weighted by molar-refractivity contribution is 7.80. The largest absolute Gasteiger partial charge is 0.360 e. The minimum atomic E-state index is -0.172. The second-order valence-electron chi connectivity index (χ2n) is 4.11. The lowest BCUT2D eigenvalue weighted by Gasteiger charge is -2.14. The summed E-state index contributed by atoms with van der Waals surface area (Å²) in [6.45, 7) is 6.03. The van der Waals surface area contributed by atoms with E-state index < -0.39 is 0 Å². The topological polar surface area (TPSA) is 41.1 Å². The molecule has 0 aliphatic heterocycles. The Morgan fingerprint density at radius 2 is 2.18 bits per heavy atom. The quantitative estimate of drug-likeness (QED) is 0.809. The molecular formula is C13H18N2OS. The van der Waals surface area contributed by atoms with Crippen molar-refractivity contribution < 1.29 is 4.79 Å². The molecule has 4 heteroatoms. The lowest BCUT2D eigenvalue weighted by atomic mass is 10.1. The second kappa shape index (κ2) is 6.35. The molecule has 0 heterocycles. The lowest BCUT2D eigenvalue weighted by molar-refractivity contribution is 0.0976. The van der Waals surface area contributed by atoms with Crippen molar-refractivity contribution in [3.63, 3.8) is 0 Å². The van der Waals surface area contributed by atoms with Gasteiger partial charge in [-0.15, -0.1) is 0 Å². The summed E-state index contributed by atoms with van der Waals surface area (Å²) in [6.07, 6.45) is 0.959. The van der Waals surface area contributed by atoms with Gasteiger partial charge in [0.15, 0.2) is 5.11 Å². The van der Waals surface area contributed by atoms with Crippen LogP contribution in [0.2, 0.25) is 0 Å². The van der Waals surface area contributed by atoms with Crippen LogP contribution in [0.3, 0.4) is 0 Å². The standard InChI is InChI=1S/C13H18N2OS/c1-4-10(3)14-13(17)15-12(16)11-7-5-6-9(2)8-11/h5-8,10H,4H2,1-3H3,(H2,14,15,16,17). The number of rotatable bonds is 3. The first-order chi connectivity index (χ1) is 8.02. The summed E-state index contributed by atoms with van der Waals surface area (Å²) in [5.41, 5.74) is 1.68. The van der Waals surface area contributed by atoms with Crippen LogP contribution in [0.5, 0.6) is 0 Å². The van der Waals surface area contributed by atoms with Gasteiger partial charge in [0.25, 0.3) is 5.91 Å². The Labute approximate surface area is 108 Å². The zero-order chi connectivity index (χ0) is 12.8. The van der Waals surface area contributed by atoms with E-state index in [9.17, 15) is 4.79 Å². The van der Waals surface area contributed by atoms with E-state index in [1.54, 1.807) is 6.07 Å². The first-order valence-electron chi connectivity index (χ1n) is 5.71. The third kappa shape index (κ3) is 4.53. The minimum absolute atomic E-state index is 0.172. The molecule has 0 fully saturated rings. The molecule has 17 heavy (non-hydrogen) atoms. The summed E-state index contributed by atoms with van der Waals surface area (Å²) < 4.78 is 0. The zero-order valence-electron chi connectivity index (χ0n) is 10.4. The zero-order valence-corrected chi connectivity index (χ0v) is 11.2. The molecular weight excluding hydrogens is 232 g/mol. The summed E-state index contributed by atoms with van der Waals surface area (Å²) >= 11 is 5.06. The average molecular weight is 250 g/mol. The Kier molecular flexibility index (Phi) is 5.10. The van der Waals surface area contributed by atoms with Crippen LogP contribution in [0.25, 0.3) is 0 Å². The van der Waals surface area contributed by atoms with Crippen LogP contribution in [0.1, 0.15) is 36.2 Å². The third-order valence-corrected chi connectivity index (χ3v) is 2.72. The molecule has 0 aliphatic rings. The van der Waals surface area contributed by atoms with Gasteiger partial charge in [-0.25, -0.2) is 0 Å². The average Bonchev–Trinajstić information content (AvgIpc) is 2.28. The predicted octanol–water partition coefficient (Wildman–Crippen LogP) is 2.40. The Hall–Kier alpha value is -1.42. The van der Waals surface area contributed by atoms with E-state index >= 15 is 0 Å². The van der Waals surface area contributed by atoms with Gasteiger partial charge in [0.05, 0.1) is 0 Å². The van der Waals surface area contributed by atoms with Gasteiger partial charge in [0, 0.05) is 11.6 Å². The molecule has 0 saturated carbocycles. The summed E-state index contributed by atoms with van der Waals surface area (Å²) in [5, 5.41) is 6.09. The Morgan fingerprint density at radius 3 is 2.76 bits per heavy atom. The van der Waals surface area contributed by atoms with Crippen molar-refractivity contribution in [2.24, 2.45) is 0 Å². The molecule has 1 aromatic carbocycles. The molecule has 0 saturated heterocycles. The number of aryl methyl sites for hydroxylation is 1. The van der Waals surface area contributed by atoms with Gasteiger partial charge in [-0.3, -0.25) is 10.1 Å². The van der Waals surface area contributed by atoms with Gasteiger partial charge < -0.3 is 5.32 Å². The number of thiocarbonyl (C=S) groups is 1. The highest BCUT2D eigenvalue weighted by Crippen LogP contribution is 2.03. The van der Waals surface area contributed by atoms with E-state index in [1.807, 2.05) is 32.0 Å². The second-order valence-corrected chi connectivity index (χ2v) is 4.51. The third-order valence-electron chi connectivity index (χ3n) is 2.50. The van der Waals surface area contributed by atoms with Crippen LogP contribution in [0, 0.1) is 6.92 Å². The van der Waals surface area contributed by atoms with Crippen molar-refractivity contribution in [2.45, 2.75) is 33.2 Å². The van der Waals surface area contributed by atoms with Gasteiger partial charge in [0.1, 0.15) is 0 Å². The molecule has 0 bridgehead atoms. The molecule has 0 aliphatic carbocycles. The lowest BCUT2D eigenvalue weighted by Crippen LogP contribution is -2.43. The van der Waals surface area contributed by atoms with E-state index in [2.05, 4.69) is 17.6 Å². The van der Waals surface area contributed by atoms with Crippen LogP contribution in [0.4, 0.5) is 0 Å². The number of hydrogen-bond donors (Lipinski definition) is 2. The summed E-state index contributed by atoms with van der Waals surface area (Å²) in [6, 6.07) is 7.68. The first kappa shape index (κ1) is 13.6. The number of carbonyl (C=O) groups excluding carboxylic acids is 1. The smallest absolute Gasteiger partial charge is 0.257 e. The monoisotopic (exact) mass is 250 g/mol. The normalized spacial score (nSPS) is 11.7. The Balaban J connectivity index is 2.58. The van der Waals surface area contributed by atoms with Gasteiger partial charge in [-0.2, -0.15) is 0 Å². The van der Waals surface area contributed by atoms with Crippen LogP contribution >= 0.6 is 12.2 Å². The molecule has 1 rings (SSSR count). The van der Waals surface area contributed by atoms with Crippen LogP contribution in [-0.2, 0) is 0 Å². The van der Waals surface area contributed by atoms with Crippen molar-refractivity contribution in [3.8, 4) is 0 Å². The van der Waals surface area contributed by atoms with E-state index in [4.69, 9.17) is 12.2 Å². The fourth-order valence-electron chi connectivity index (χ4n) is 1.32. The summed E-state index contributed by atoms with van der Waals surface area (Å²) in [7, 11) is 0. The fourth-order valence-corrected chi connectivity index (χ4v) is 1.62. The van der Waals surface area contributed by atoms with E-state index in [1.165, 1.54) is 0 Å². The number of hydrogen-bond acceptors (Lipinski definition) is 2. The van der Waals surface area contributed by atoms with Gasteiger partial charge in [0.2, 0.25) is 0 Å². The van der Waals surface area contributed by atoms with Crippen LogP contribution in [0.15, 0.2) is 24.3 Å². The molecule has 2 N–H and O–H groups in total. The van der Waals surface area contributed by atoms with E-state index in [-0.39, 0.29) is 11.9 Å². The molecule has 0 aromatic heterocycles. The number of amides is 1. The molecule has 1 aromatic rings. The molecule has 92 valence electrons. The Morgan fingerprint density at radius 1 is 1.47 bits per heavy atom. The van der Waals surface area contributed by atoms with Crippen molar-refractivity contribution in [3.05, 3.63) is 35.4 Å². The van der Waals surface area contributed by atoms with E-state index in [0.717, 1.165) is 12.0 Å². The molecule has 1 amide bonds. The van der Waals surface area contributed by atoms with Crippen molar-refractivity contribution in [1.82, 2.24) is 10.6 Å². The highest BCUT2D eigenvalue weighted by atomic mass is 32.1. The van der Waals surface area contributed by atoms with Crippen molar-refractivity contribution >= 4 is 23.2 Å². The predicted molar refractivity (Wildman–Crippen MR) is 74.1 cm³/mol. The molecule has 1 unspecified atom stereocenters. The van der Waals surface area contributed by atoms with Crippen molar-refractivity contribution in [2.75, 3.05) is 0 Å². The maximum atomic E-state index is 11.8. The Bertz CT molecular complexity index is 418. The molecule has 3 nitrogen and oxygen atoms in total. The van der Waals surface area contributed by atoms with Gasteiger partial charge in [-0.05, 0) is 44.6 Å². The molecule has 0 spiro atoms.